The lowest BCUT2D eigenvalue weighted by Gasteiger charge is -2.30. The minimum atomic E-state index is -4.80. The predicted molar refractivity (Wildman–Crippen MR) is 117 cm³/mol. The van der Waals surface area contributed by atoms with Gasteiger partial charge in [-0.15, -0.1) is 0 Å². The van der Waals surface area contributed by atoms with Crippen LogP contribution in [0, 0.1) is 0 Å². The van der Waals surface area contributed by atoms with E-state index >= 15 is 0 Å². The van der Waals surface area contributed by atoms with Crippen LogP contribution in [0.2, 0.25) is 5.02 Å². The smallest absolute Gasteiger partial charge is 0.417 e. The van der Waals surface area contributed by atoms with Crippen molar-refractivity contribution >= 4 is 33.2 Å². The Labute approximate surface area is 194 Å². The number of amides is 1. The van der Waals surface area contributed by atoms with Crippen LogP contribution in [0.4, 0.5) is 18.9 Å². The molecule has 0 spiro atoms. The number of carbonyl (C=O) groups is 1. The Hall–Kier alpha value is -2.66. The summed E-state index contributed by atoms with van der Waals surface area (Å²) < 4.78 is 76.3. The molecule has 1 aliphatic rings. The molecule has 0 saturated heterocycles. The fourth-order valence-corrected chi connectivity index (χ4v) is 4.81. The average Bonchev–Trinajstić information content (AvgIpc) is 2.72. The molecule has 0 saturated carbocycles. The number of sulfonamides is 1. The summed E-state index contributed by atoms with van der Waals surface area (Å²) in [5.74, 6) is 0.390. The highest BCUT2D eigenvalue weighted by atomic mass is 35.5. The number of nitrogens with one attached hydrogen (secondary N) is 1. The molecule has 1 heterocycles. The Balaban J connectivity index is 1.86. The number of anilines is 1. The number of fused-ring (bicyclic) bond motifs is 1. The van der Waals surface area contributed by atoms with Gasteiger partial charge in [-0.2, -0.15) is 13.2 Å². The number of alkyl halides is 3. The van der Waals surface area contributed by atoms with Crippen molar-refractivity contribution in [3.63, 3.8) is 0 Å². The molecule has 180 valence electrons. The van der Waals surface area contributed by atoms with Crippen molar-refractivity contribution in [3.8, 4) is 11.5 Å². The van der Waals surface area contributed by atoms with Gasteiger partial charge in [-0.3, -0.25) is 9.10 Å². The van der Waals surface area contributed by atoms with E-state index in [1.54, 1.807) is 25.1 Å². The van der Waals surface area contributed by atoms with Crippen LogP contribution in [-0.2, 0) is 21.0 Å². The molecule has 7 nitrogen and oxygen atoms in total. The molecule has 2 aromatic rings. The van der Waals surface area contributed by atoms with Gasteiger partial charge >= 0.3 is 6.18 Å². The molecule has 2 atom stereocenters. The maximum absolute atomic E-state index is 13.3. The molecule has 2 unspecified atom stereocenters. The SMILES string of the molecule is CC(NC(=O)C(C)N(c1ccc(Cl)c(C(F)(F)F)c1)S(C)(=O)=O)c1ccc2c(c1)OCCO2. The van der Waals surface area contributed by atoms with Gasteiger partial charge in [0.25, 0.3) is 0 Å². The van der Waals surface area contributed by atoms with Crippen LogP contribution in [-0.4, -0.2) is 39.8 Å². The molecule has 3 rings (SSSR count). The van der Waals surface area contributed by atoms with E-state index in [0.717, 1.165) is 18.4 Å². The van der Waals surface area contributed by atoms with Crippen LogP contribution in [0.25, 0.3) is 0 Å². The molecule has 0 fully saturated rings. The summed E-state index contributed by atoms with van der Waals surface area (Å²) in [5, 5.41) is 2.11. The number of rotatable bonds is 6. The van der Waals surface area contributed by atoms with Crippen LogP contribution in [0.15, 0.2) is 36.4 Å². The summed E-state index contributed by atoms with van der Waals surface area (Å²) in [6.07, 6.45) is -3.99. The van der Waals surface area contributed by atoms with Crippen molar-refractivity contribution in [2.24, 2.45) is 0 Å². The first kappa shape index (κ1) is 25.0. The fourth-order valence-electron chi connectivity index (χ4n) is 3.42. The van der Waals surface area contributed by atoms with Crippen LogP contribution in [0.1, 0.15) is 31.0 Å². The van der Waals surface area contributed by atoms with Gasteiger partial charge < -0.3 is 14.8 Å². The van der Waals surface area contributed by atoms with Gasteiger partial charge in [0.2, 0.25) is 15.9 Å². The van der Waals surface area contributed by atoms with Crippen LogP contribution in [0.5, 0.6) is 11.5 Å². The first-order valence-electron chi connectivity index (χ1n) is 9.85. The molecular formula is C21H22ClF3N2O5S. The lowest BCUT2D eigenvalue weighted by atomic mass is 10.1. The Kier molecular flexibility index (Phi) is 7.04. The van der Waals surface area contributed by atoms with E-state index in [-0.39, 0.29) is 5.69 Å². The van der Waals surface area contributed by atoms with Crippen LogP contribution in [0.3, 0.4) is 0 Å². The largest absolute Gasteiger partial charge is 0.486 e. The second-order valence-corrected chi connectivity index (χ2v) is 9.80. The van der Waals surface area contributed by atoms with E-state index in [1.807, 2.05) is 0 Å². The van der Waals surface area contributed by atoms with E-state index in [2.05, 4.69) is 5.32 Å². The molecule has 1 amide bonds. The molecule has 1 aliphatic heterocycles. The second kappa shape index (κ2) is 9.30. The Morgan fingerprint density at radius 1 is 1.09 bits per heavy atom. The Bertz CT molecular complexity index is 1160. The number of benzene rings is 2. The third kappa shape index (κ3) is 5.64. The van der Waals surface area contributed by atoms with Crippen molar-refractivity contribution in [1.82, 2.24) is 5.32 Å². The lowest BCUT2D eigenvalue weighted by Crippen LogP contribution is -2.48. The highest BCUT2D eigenvalue weighted by molar-refractivity contribution is 7.92. The van der Waals surface area contributed by atoms with E-state index in [1.165, 1.54) is 6.92 Å². The molecule has 0 aromatic heterocycles. The van der Waals surface area contributed by atoms with Crippen molar-refractivity contribution < 1.29 is 35.9 Å². The third-order valence-corrected chi connectivity index (χ3v) is 6.59. The van der Waals surface area contributed by atoms with Gasteiger partial charge in [-0.25, -0.2) is 8.42 Å². The van der Waals surface area contributed by atoms with E-state index in [0.29, 0.717) is 40.6 Å². The normalized spacial score (nSPS) is 15.5. The molecule has 0 aliphatic carbocycles. The van der Waals surface area contributed by atoms with Crippen molar-refractivity contribution in [1.29, 1.82) is 0 Å². The minimum absolute atomic E-state index is 0.330. The number of carbonyl (C=O) groups excluding carboxylic acids is 1. The van der Waals surface area contributed by atoms with Crippen molar-refractivity contribution in [3.05, 3.63) is 52.5 Å². The van der Waals surface area contributed by atoms with E-state index < -0.39 is 44.8 Å². The Morgan fingerprint density at radius 2 is 1.73 bits per heavy atom. The summed E-state index contributed by atoms with van der Waals surface area (Å²) in [7, 11) is -4.12. The van der Waals surface area contributed by atoms with Gasteiger partial charge in [0.05, 0.1) is 28.6 Å². The zero-order valence-electron chi connectivity index (χ0n) is 17.9. The van der Waals surface area contributed by atoms with Crippen LogP contribution >= 0.6 is 11.6 Å². The molecule has 0 bridgehead atoms. The first-order valence-corrected chi connectivity index (χ1v) is 12.1. The van der Waals surface area contributed by atoms with Crippen molar-refractivity contribution in [2.75, 3.05) is 23.8 Å². The monoisotopic (exact) mass is 506 g/mol. The molecule has 12 heteroatoms. The second-order valence-electron chi connectivity index (χ2n) is 7.53. The summed E-state index contributed by atoms with van der Waals surface area (Å²) >= 11 is 5.64. The summed E-state index contributed by atoms with van der Waals surface area (Å²) in [4.78, 5) is 12.9. The molecular weight excluding hydrogens is 485 g/mol. The minimum Gasteiger partial charge on any atom is -0.486 e. The average molecular weight is 507 g/mol. The standard InChI is InChI=1S/C21H22ClF3N2O5S/c1-12(14-4-7-18-19(10-14)32-9-8-31-18)26-20(28)13(2)27(33(3,29)30)15-5-6-17(22)16(11-15)21(23,24)25/h4-7,10-13H,8-9H2,1-3H3,(H,26,28). The van der Waals surface area contributed by atoms with Gasteiger partial charge in [0.15, 0.2) is 11.5 Å². The highest BCUT2D eigenvalue weighted by Crippen LogP contribution is 2.38. The molecule has 2 aromatic carbocycles. The number of ether oxygens (including phenoxy) is 2. The fraction of sp³-hybridized carbons (Fsp3) is 0.381. The lowest BCUT2D eigenvalue weighted by molar-refractivity contribution is -0.137. The van der Waals surface area contributed by atoms with E-state index in [4.69, 9.17) is 21.1 Å². The summed E-state index contributed by atoms with van der Waals surface area (Å²) in [6.45, 7) is 3.79. The zero-order chi connectivity index (χ0) is 24.6. The maximum Gasteiger partial charge on any atom is 0.417 e. The highest BCUT2D eigenvalue weighted by Gasteiger charge is 2.36. The summed E-state index contributed by atoms with van der Waals surface area (Å²) in [6, 6.07) is 5.91. The topological polar surface area (TPSA) is 84.9 Å². The van der Waals surface area contributed by atoms with Crippen molar-refractivity contribution in [2.45, 2.75) is 32.1 Å². The number of hydrogen-bond acceptors (Lipinski definition) is 5. The quantitative estimate of drug-likeness (QED) is 0.636. The molecule has 0 radical (unpaired) electrons. The molecule has 1 N–H and O–H groups in total. The van der Waals surface area contributed by atoms with Gasteiger partial charge in [0, 0.05) is 0 Å². The zero-order valence-corrected chi connectivity index (χ0v) is 19.5. The van der Waals surface area contributed by atoms with Crippen LogP contribution < -0.4 is 19.1 Å². The van der Waals surface area contributed by atoms with E-state index in [9.17, 15) is 26.4 Å². The third-order valence-electron chi connectivity index (χ3n) is 5.02. The molecule has 33 heavy (non-hydrogen) atoms. The van der Waals surface area contributed by atoms with Gasteiger partial charge in [-0.1, -0.05) is 17.7 Å². The maximum atomic E-state index is 13.3. The Morgan fingerprint density at radius 3 is 2.33 bits per heavy atom. The number of nitrogens with zero attached hydrogens (tertiary/aromatic N) is 1. The number of hydrogen-bond donors (Lipinski definition) is 1. The first-order chi connectivity index (χ1) is 15.3. The van der Waals surface area contributed by atoms with Gasteiger partial charge in [0.1, 0.15) is 19.3 Å². The predicted octanol–water partition coefficient (Wildman–Crippen LogP) is 4.16. The number of halogens is 4. The van der Waals surface area contributed by atoms with Gasteiger partial charge in [-0.05, 0) is 49.7 Å². The summed E-state index contributed by atoms with van der Waals surface area (Å²) in [5.41, 5.74) is -0.854.